The van der Waals surface area contributed by atoms with Crippen LogP contribution in [0.5, 0.6) is 0 Å². The van der Waals surface area contributed by atoms with Gasteiger partial charge in [-0.1, -0.05) is 32.0 Å². The van der Waals surface area contributed by atoms with Crippen molar-refractivity contribution in [2.75, 3.05) is 18.4 Å². The molecule has 1 aromatic carbocycles. The fourth-order valence-electron chi connectivity index (χ4n) is 3.02. The van der Waals surface area contributed by atoms with Crippen molar-refractivity contribution in [1.82, 2.24) is 4.90 Å². The summed E-state index contributed by atoms with van der Waals surface area (Å²) in [5, 5.41) is 2.77. The molecule has 24 heavy (non-hydrogen) atoms. The molecule has 3 amide bonds. The SMILES string of the molecule is Cc1cccc(C(C)C)c1NC(=O)C(=O)N1CCC(C(N)=O)CC1. The number of likely N-dealkylation sites (tertiary alicyclic amines) is 1. The molecule has 0 unspecified atom stereocenters. The molecule has 1 aliphatic heterocycles. The number of hydrogen-bond acceptors (Lipinski definition) is 3. The van der Waals surface area contributed by atoms with E-state index in [4.69, 9.17) is 5.73 Å². The third kappa shape index (κ3) is 3.93. The van der Waals surface area contributed by atoms with E-state index < -0.39 is 11.8 Å². The van der Waals surface area contributed by atoms with Gasteiger partial charge in [-0.15, -0.1) is 0 Å². The Morgan fingerprint density at radius 3 is 2.38 bits per heavy atom. The van der Waals surface area contributed by atoms with Gasteiger partial charge in [0, 0.05) is 24.7 Å². The average Bonchev–Trinajstić information content (AvgIpc) is 2.55. The van der Waals surface area contributed by atoms with Gasteiger partial charge in [0.05, 0.1) is 0 Å². The van der Waals surface area contributed by atoms with Gasteiger partial charge in [0.15, 0.2) is 0 Å². The predicted octanol–water partition coefficient (Wildman–Crippen LogP) is 1.78. The van der Waals surface area contributed by atoms with Crippen molar-refractivity contribution in [1.29, 1.82) is 0 Å². The monoisotopic (exact) mass is 331 g/mol. The van der Waals surface area contributed by atoms with E-state index in [0.29, 0.717) is 31.6 Å². The molecule has 0 radical (unpaired) electrons. The zero-order chi connectivity index (χ0) is 17.9. The first-order valence-corrected chi connectivity index (χ1v) is 8.30. The lowest BCUT2D eigenvalue weighted by atomic mass is 9.96. The van der Waals surface area contributed by atoms with Crippen molar-refractivity contribution < 1.29 is 14.4 Å². The van der Waals surface area contributed by atoms with Crippen LogP contribution < -0.4 is 11.1 Å². The van der Waals surface area contributed by atoms with Crippen LogP contribution in [0.1, 0.15) is 43.7 Å². The molecule has 0 atom stereocenters. The highest BCUT2D eigenvalue weighted by Crippen LogP contribution is 2.27. The number of nitrogens with zero attached hydrogens (tertiary/aromatic N) is 1. The van der Waals surface area contributed by atoms with E-state index in [1.807, 2.05) is 39.0 Å². The summed E-state index contributed by atoms with van der Waals surface area (Å²) >= 11 is 0. The first kappa shape index (κ1) is 18.0. The molecule has 1 aliphatic rings. The Labute approximate surface area is 142 Å². The molecular weight excluding hydrogens is 306 g/mol. The predicted molar refractivity (Wildman–Crippen MR) is 92.4 cm³/mol. The Balaban J connectivity index is 2.06. The Morgan fingerprint density at radius 2 is 1.83 bits per heavy atom. The number of para-hydroxylation sites is 1. The summed E-state index contributed by atoms with van der Waals surface area (Å²) in [7, 11) is 0. The number of piperidine rings is 1. The summed E-state index contributed by atoms with van der Waals surface area (Å²) < 4.78 is 0. The highest BCUT2D eigenvalue weighted by Gasteiger charge is 2.29. The first-order chi connectivity index (χ1) is 11.3. The molecule has 1 heterocycles. The highest BCUT2D eigenvalue weighted by molar-refractivity contribution is 6.39. The first-order valence-electron chi connectivity index (χ1n) is 8.30. The molecule has 0 bridgehead atoms. The van der Waals surface area contributed by atoms with E-state index in [1.54, 1.807) is 0 Å². The molecule has 1 aromatic rings. The molecule has 0 aromatic heterocycles. The summed E-state index contributed by atoms with van der Waals surface area (Å²) in [6, 6.07) is 5.80. The third-order valence-electron chi connectivity index (χ3n) is 4.54. The van der Waals surface area contributed by atoms with Gasteiger partial charge >= 0.3 is 11.8 Å². The van der Waals surface area contributed by atoms with E-state index >= 15 is 0 Å². The fraction of sp³-hybridized carbons (Fsp3) is 0.500. The van der Waals surface area contributed by atoms with Crippen LogP contribution >= 0.6 is 0 Å². The summed E-state index contributed by atoms with van der Waals surface area (Å²) in [5.74, 6) is -1.50. The Morgan fingerprint density at radius 1 is 1.21 bits per heavy atom. The minimum atomic E-state index is -0.635. The zero-order valence-electron chi connectivity index (χ0n) is 14.5. The molecule has 1 saturated heterocycles. The fourth-order valence-corrected chi connectivity index (χ4v) is 3.02. The molecule has 0 aliphatic carbocycles. The van der Waals surface area contributed by atoms with Gasteiger partial charge in [0.2, 0.25) is 5.91 Å². The van der Waals surface area contributed by atoms with Crippen LogP contribution in [0.15, 0.2) is 18.2 Å². The van der Waals surface area contributed by atoms with Gasteiger partial charge in [-0.05, 0) is 36.8 Å². The van der Waals surface area contributed by atoms with Crippen molar-refractivity contribution >= 4 is 23.4 Å². The van der Waals surface area contributed by atoms with E-state index in [9.17, 15) is 14.4 Å². The van der Waals surface area contributed by atoms with Crippen molar-refractivity contribution in [3.8, 4) is 0 Å². The molecule has 6 nitrogen and oxygen atoms in total. The summed E-state index contributed by atoms with van der Waals surface area (Å²) in [5.41, 5.74) is 7.93. The number of carbonyl (C=O) groups is 3. The van der Waals surface area contributed by atoms with Gasteiger partial charge in [-0.3, -0.25) is 14.4 Å². The van der Waals surface area contributed by atoms with E-state index in [1.165, 1.54) is 4.90 Å². The molecule has 0 spiro atoms. The molecule has 3 N–H and O–H groups in total. The molecule has 1 fully saturated rings. The lowest BCUT2D eigenvalue weighted by Gasteiger charge is -2.30. The molecule has 6 heteroatoms. The van der Waals surface area contributed by atoms with Crippen LogP contribution in [0.2, 0.25) is 0 Å². The van der Waals surface area contributed by atoms with Crippen LogP contribution in [-0.2, 0) is 14.4 Å². The quantitative estimate of drug-likeness (QED) is 0.827. The number of nitrogens with two attached hydrogens (primary N) is 1. The summed E-state index contributed by atoms with van der Waals surface area (Å²) in [4.78, 5) is 37.4. The minimum Gasteiger partial charge on any atom is -0.369 e. The zero-order valence-corrected chi connectivity index (χ0v) is 14.5. The largest absolute Gasteiger partial charge is 0.369 e. The number of nitrogens with one attached hydrogen (secondary N) is 1. The lowest BCUT2D eigenvalue weighted by Crippen LogP contribution is -2.46. The van der Waals surface area contributed by atoms with Gasteiger partial charge in [0.25, 0.3) is 0 Å². The molecule has 0 saturated carbocycles. The smallest absolute Gasteiger partial charge is 0.313 e. The number of hydrogen-bond donors (Lipinski definition) is 2. The van der Waals surface area contributed by atoms with Gasteiger partial charge < -0.3 is 16.0 Å². The maximum absolute atomic E-state index is 12.4. The minimum absolute atomic E-state index is 0.207. The second-order valence-corrected chi connectivity index (χ2v) is 6.62. The van der Waals surface area contributed by atoms with Crippen LogP contribution in [0.25, 0.3) is 0 Å². The number of amides is 3. The van der Waals surface area contributed by atoms with Crippen LogP contribution in [-0.4, -0.2) is 35.7 Å². The van der Waals surface area contributed by atoms with Crippen molar-refractivity contribution in [2.45, 2.75) is 39.5 Å². The van der Waals surface area contributed by atoms with Crippen molar-refractivity contribution in [3.63, 3.8) is 0 Å². The Kier molecular flexibility index (Phi) is 5.59. The van der Waals surface area contributed by atoms with Gasteiger partial charge in [0.1, 0.15) is 0 Å². The summed E-state index contributed by atoms with van der Waals surface area (Å²) in [6.07, 6.45) is 1.02. The van der Waals surface area contributed by atoms with Crippen molar-refractivity contribution in [3.05, 3.63) is 29.3 Å². The summed E-state index contributed by atoms with van der Waals surface area (Å²) in [6.45, 7) is 6.75. The Bertz CT molecular complexity index is 647. The average molecular weight is 331 g/mol. The number of carbonyl (C=O) groups excluding carboxylic acids is 3. The van der Waals surface area contributed by atoms with E-state index in [2.05, 4.69) is 5.32 Å². The second-order valence-electron chi connectivity index (χ2n) is 6.62. The Hall–Kier alpha value is -2.37. The number of aryl methyl sites for hydroxylation is 1. The van der Waals surface area contributed by atoms with Crippen LogP contribution in [0.3, 0.4) is 0 Å². The van der Waals surface area contributed by atoms with Crippen LogP contribution in [0, 0.1) is 12.8 Å². The maximum Gasteiger partial charge on any atom is 0.313 e. The van der Waals surface area contributed by atoms with Crippen LogP contribution in [0.4, 0.5) is 5.69 Å². The molecular formula is C18H25N3O3. The van der Waals surface area contributed by atoms with Gasteiger partial charge in [-0.2, -0.15) is 0 Å². The maximum atomic E-state index is 12.4. The van der Waals surface area contributed by atoms with E-state index in [-0.39, 0.29) is 17.7 Å². The van der Waals surface area contributed by atoms with Gasteiger partial charge in [-0.25, -0.2) is 0 Å². The highest BCUT2D eigenvalue weighted by atomic mass is 16.2. The normalized spacial score (nSPS) is 15.4. The number of anilines is 1. The number of rotatable bonds is 3. The van der Waals surface area contributed by atoms with Crippen molar-refractivity contribution in [2.24, 2.45) is 11.7 Å². The van der Waals surface area contributed by atoms with E-state index in [0.717, 1.165) is 11.1 Å². The number of primary amides is 1. The third-order valence-corrected chi connectivity index (χ3v) is 4.54. The number of benzene rings is 1. The topological polar surface area (TPSA) is 92.5 Å². The molecule has 2 rings (SSSR count). The lowest BCUT2D eigenvalue weighted by molar-refractivity contribution is -0.144. The standard InChI is InChI=1S/C18H25N3O3/c1-11(2)14-6-4-5-12(3)15(14)20-17(23)18(24)21-9-7-13(8-10-21)16(19)22/h4-6,11,13H,7-10H2,1-3H3,(H2,19,22)(H,20,23). The molecule has 130 valence electrons. The second kappa shape index (κ2) is 7.47.